The second-order valence-corrected chi connectivity index (χ2v) is 12.5. The molecule has 0 fully saturated rings. The van der Waals surface area contributed by atoms with Crippen molar-refractivity contribution in [3.8, 4) is 17.6 Å². The number of allylic oxidation sites excluding steroid dienone is 2. The van der Waals surface area contributed by atoms with E-state index in [-0.39, 0.29) is 17.4 Å². The zero-order valence-corrected chi connectivity index (χ0v) is 26.1. The molecule has 0 aliphatic heterocycles. The molecule has 3 aromatic rings. The van der Waals surface area contributed by atoms with Crippen LogP contribution in [-0.4, -0.2) is 10.2 Å². The number of nitrogens with zero attached hydrogens (tertiary/aromatic N) is 1. The van der Waals surface area contributed by atoms with E-state index in [0.29, 0.717) is 36.7 Å². The smallest absolute Gasteiger partial charge is 0.130 e. The lowest BCUT2D eigenvalue weighted by Gasteiger charge is -2.32. The summed E-state index contributed by atoms with van der Waals surface area (Å²) in [7, 11) is 0. The Balaban J connectivity index is 2.00. The first-order valence-corrected chi connectivity index (χ1v) is 16.1. The highest BCUT2D eigenvalue weighted by atomic mass is 16.3. The van der Waals surface area contributed by atoms with Gasteiger partial charge in [0, 0.05) is 24.0 Å². The van der Waals surface area contributed by atoms with Crippen molar-refractivity contribution < 1.29 is 10.2 Å². The number of phenols is 2. The van der Waals surface area contributed by atoms with Crippen molar-refractivity contribution in [2.75, 3.05) is 0 Å². The van der Waals surface area contributed by atoms with Crippen LogP contribution in [0.3, 0.4) is 0 Å². The van der Waals surface area contributed by atoms with Crippen LogP contribution in [0.4, 0.5) is 0 Å². The lowest BCUT2D eigenvalue weighted by Crippen LogP contribution is -2.16. The molecule has 3 nitrogen and oxygen atoms in total. The van der Waals surface area contributed by atoms with E-state index in [0.717, 1.165) is 71.1 Å². The quantitative estimate of drug-likeness (QED) is 0.203. The summed E-state index contributed by atoms with van der Waals surface area (Å²) < 4.78 is 0. The summed E-state index contributed by atoms with van der Waals surface area (Å²) in [6.45, 7) is 9.05. The second kappa shape index (κ2) is 15.1. The van der Waals surface area contributed by atoms with Gasteiger partial charge < -0.3 is 10.2 Å². The van der Waals surface area contributed by atoms with Gasteiger partial charge in [-0.15, -0.1) is 0 Å². The van der Waals surface area contributed by atoms with Gasteiger partial charge in [0.1, 0.15) is 11.5 Å². The zero-order chi connectivity index (χ0) is 30.1. The summed E-state index contributed by atoms with van der Waals surface area (Å²) >= 11 is 0. The van der Waals surface area contributed by atoms with Crippen LogP contribution in [-0.2, 0) is 12.8 Å². The Morgan fingerprint density at radius 1 is 0.857 bits per heavy atom. The molecule has 3 unspecified atom stereocenters. The van der Waals surface area contributed by atoms with Gasteiger partial charge >= 0.3 is 0 Å². The highest BCUT2D eigenvalue weighted by Crippen LogP contribution is 2.51. The molecule has 4 rings (SSSR count). The maximum absolute atomic E-state index is 12.3. The predicted molar refractivity (Wildman–Crippen MR) is 175 cm³/mol. The van der Waals surface area contributed by atoms with E-state index in [1.54, 1.807) is 0 Å². The van der Waals surface area contributed by atoms with Crippen LogP contribution in [0.2, 0.25) is 0 Å². The summed E-state index contributed by atoms with van der Waals surface area (Å²) in [5.41, 5.74) is 7.86. The van der Waals surface area contributed by atoms with E-state index in [1.165, 1.54) is 19.3 Å². The average molecular weight is 564 g/mol. The standard InChI is InChI=1S/C39H49NO2/c1-5-7-10-15-27(3)28(4)36-34(25-30-16-11-8-12-17-30)38(41)37(33-24-29(6-2)20-21-32(33)22-23-40)39(42)35(36)26-31-18-13-9-14-19-31/h8-9,11-14,16-19,27-29,41-42H,5-7,10,15,20-22,24-26H2,1-4H3. The van der Waals surface area contributed by atoms with Gasteiger partial charge in [-0.2, -0.15) is 5.26 Å². The molecule has 3 aromatic carbocycles. The number of rotatable bonds is 13. The molecular formula is C39H49NO2. The maximum Gasteiger partial charge on any atom is 0.130 e. The summed E-state index contributed by atoms with van der Waals surface area (Å²) in [6, 6.07) is 23.1. The van der Waals surface area contributed by atoms with Crippen molar-refractivity contribution in [3.63, 3.8) is 0 Å². The molecule has 0 saturated heterocycles. The van der Waals surface area contributed by atoms with E-state index >= 15 is 0 Å². The zero-order valence-electron chi connectivity index (χ0n) is 26.1. The van der Waals surface area contributed by atoms with Gasteiger partial charge in [0.05, 0.1) is 18.1 Å². The van der Waals surface area contributed by atoms with Crippen molar-refractivity contribution in [1.29, 1.82) is 5.26 Å². The first-order valence-electron chi connectivity index (χ1n) is 16.1. The Hall–Kier alpha value is -3.51. The molecule has 0 heterocycles. The van der Waals surface area contributed by atoms with Crippen LogP contribution >= 0.6 is 0 Å². The predicted octanol–water partition coefficient (Wildman–Crippen LogP) is 10.5. The van der Waals surface area contributed by atoms with Crippen molar-refractivity contribution >= 4 is 5.57 Å². The molecular weight excluding hydrogens is 514 g/mol. The minimum atomic E-state index is 0.160. The molecule has 0 radical (unpaired) electrons. The van der Waals surface area contributed by atoms with Gasteiger partial charge in [-0.3, -0.25) is 0 Å². The van der Waals surface area contributed by atoms with Gasteiger partial charge in [-0.1, -0.05) is 126 Å². The maximum atomic E-state index is 12.3. The Kier molecular flexibility index (Phi) is 11.3. The van der Waals surface area contributed by atoms with Gasteiger partial charge in [0.15, 0.2) is 0 Å². The average Bonchev–Trinajstić information content (AvgIpc) is 3.01. The summed E-state index contributed by atoms with van der Waals surface area (Å²) in [5, 5.41) is 34.2. The van der Waals surface area contributed by atoms with E-state index < -0.39 is 0 Å². The molecule has 0 spiro atoms. The molecule has 0 bridgehead atoms. The first kappa shape index (κ1) is 31.4. The molecule has 1 aliphatic rings. The minimum Gasteiger partial charge on any atom is -0.507 e. The molecule has 42 heavy (non-hydrogen) atoms. The van der Waals surface area contributed by atoms with Crippen LogP contribution in [0.1, 0.15) is 125 Å². The molecule has 3 heteroatoms. The van der Waals surface area contributed by atoms with E-state index in [9.17, 15) is 15.5 Å². The number of nitriles is 1. The lowest BCUT2D eigenvalue weighted by molar-refractivity contribution is 0.408. The molecule has 222 valence electrons. The Morgan fingerprint density at radius 2 is 1.43 bits per heavy atom. The van der Waals surface area contributed by atoms with E-state index in [4.69, 9.17) is 0 Å². The van der Waals surface area contributed by atoms with Crippen molar-refractivity contribution in [1.82, 2.24) is 0 Å². The third-order valence-electron chi connectivity index (χ3n) is 9.66. The fourth-order valence-corrected chi connectivity index (χ4v) is 6.88. The number of benzene rings is 3. The fraction of sp³-hybridized carbons (Fsp3) is 0.462. The number of hydrogen-bond acceptors (Lipinski definition) is 3. The Labute approximate surface area is 253 Å². The summed E-state index contributed by atoms with van der Waals surface area (Å²) in [5.74, 6) is 1.45. The van der Waals surface area contributed by atoms with Gasteiger partial charge in [0.25, 0.3) is 0 Å². The number of unbranched alkanes of at least 4 members (excludes halogenated alkanes) is 2. The van der Waals surface area contributed by atoms with Gasteiger partial charge in [-0.25, -0.2) is 0 Å². The molecule has 1 aliphatic carbocycles. The Bertz CT molecular complexity index is 1310. The van der Waals surface area contributed by atoms with Crippen LogP contribution in [0, 0.1) is 23.2 Å². The topological polar surface area (TPSA) is 64.2 Å². The molecule has 0 aromatic heterocycles. The summed E-state index contributed by atoms with van der Waals surface area (Å²) in [4.78, 5) is 0. The van der Waals surface area contributed by atoms with Gasteiger partial charge in [-0.05, 0) is 59.3 Å². The summed E-state index contributed by atoms with van der Waals surface area (Å²) in [6.07, 6.45) is 9.96. The SMILES string of the molecule is CCCCCC(C)C(C)c1c(Cc2ccccc2)c(O)c(C2=C(CC#N)CCC(CC)C2)c(O)c1Cc1ccccc1. The third-order valence-corrected chi connectivity index (χ3v) is 9.66. The molecule has 3 atom stereocenters. The van der Waals surface area contributed by atoms with E-state index in [2.05, 4.69) is 82.3 Å². The normalized spacial score (nSPS) is 16.7. The van der Waals surface area contributed by atoms with E-state index in [1.807, 2.05) is 12.1 Å². The third kappa shape index (κ3) is 7.27. The van der Waals surface area contributed by atoms with Crippen LogP contribution in [0.5, 0.6) is 11.5 Å². The first-order chi connectivity index (χ1) is 20.4. The lowest BCUT2D eigenvalue weighted by atomic mass is 9.73. The highest BCUT2D eigenvalue weighted by Gasteiger charge is 2.32. The largest absolute Gasteiger partial charge is 0.507 e. The van der Waals surface area contributed by atoms with Crippen LogP contribution in [0.25, 0.3) is 5.57 Å². The minimum absolute atomic E-state index is 0.160. The van der Waals surface area contributed by atoms with Crippen LogP contribution < -0.4 is 0 Å². The van der Waals surface area contributed by atoms with Crippen molar-refractivity contribution in [2.24, 2.45) is 11.8 Å². The Morgan fingerprint density at radius 3 is 1.93 bits per heavy atom. The number of hydrogen-bond donors (Lipinski definition) is 2. The highest BCUT2D eigenvalue weighted by molar-refractivity contribution is 5.82. The van der Waals surface area contributed by atoms with Gasteiger partial charge in [0.2, 0.25) is 0 Å². The molecule has 0 amide bonds. The van der Waals surface area contributed by atoms with Crippen molar-refractivity contribution in [3.05, 3.63) is 99.6 Å². The molecule has 2 N–H and O–H groups in total. The monoisotopic (exact) mass is 563 g/mol. The second-order valence-electron chi connectivity index (χ2n) is 12.5. The molecule has 0 saturated carbocycles. The fourth-order valence-electron chi connectivity index (χ4n) is 6.88. The van der Waals surface area contributed by atoms with Crippen LogP contribution in [0.15, 0.2) is 66.2 Å². The number of aromatic hydroxyl groups is 2. The van der Waals surface area contributed by atoms with Crippen molar-refractivity contribution in [2.45, 2.75) is 104 Å². The number of phenolic OH excluding ortho intramolecular Hbond substituents is 2.